The van der Waals surface area contributed by atoms with Gasteiger partial charge in [0.25, 0.3) is 0 Å². The highest BCUT2D eigenvalue weighted by Crippen LogP contribution is 2.61. The largest absolute Gasteiger partial charge is 0.0885 e. The Balaban J connectivity index is 1.73. The molecular weight excluding hydrogens is 300 g/mol. The van der Waals surface area contributed by atoms with E-state index in [0.717, 1.165) is 11.8 Å². The Morgan fingerprint density at radius 1 is 0.720 bits per heavy atom. The summed E-state index contributed by atoms with van der Waals surface area (Å²) in [7, 11) is 0. The summed E-state index contributed by atoms with van der Waals surface area (Å²) in [5.74, 6) is 3.92. The van der Waals surface area contributed by atoms with Crippen LogP contribution in [0.2, 0.25) is 0 Å². The van der Waals surface area contributed by atoms with Crippen LogP contribution in [0.4, 0.5) is 0 Å². The molecule has 2 fully saturated rings. The molecule has 4 rings (SSSR count). The molecule has 0 aromatic rings. The number of hydrogen-bond acceptors (Lipinski definition) is 0. The average molecular weight is 340 g/mol. The minimum atomic E-state index is 0.521. The van der Waals surface area contributed by atoms with Gasteiger partial charge in [0.2, 0.25) is 0 Å². The second kappa shape index (κ2) is 8.45. The summed E-state index contributed by atoms with van der Waals surface area (Å²) >= 11 is 0. The van der Waals surface area contributed by atoms with Gasteiger partial charge in [0.05, 0.1) is 0 Å². The topological polar surface area (TPSA) is 0 Å². The molecule has 4 aliphatic rings. The van der Waals surface area contributed by atoms with Crippen LogP contribution in [0.15, 0.2) is 23.8 Å². The van der Waals surface area contributed by atoms with Gasteiger partial charge in [-0.05, 0) is 88.4 Å². The van der Waals surface area contributed by atoms with Gasteiger partial charge in [-0.3, -0.25) is 0 Å². The maximum atomic E-state index is 2.74. The molecule has 139 valence electrons. The molecule has 0 aromatic heterocycles. The van der Waals surface area contributed by atoms with Crippen molar-refractivity contribution in [3.05, 3.63) is 29.7 Å². The van der Waals surface area contributed by atoms with Crippen molar-refractivity contribution in [3.8, 4) is 0 Å². The third-order valence-corrected chi connectivity index (χ3v) is 8.02. The van der Waals surface area contributed by atoms with Gasteiger partial charge < -0.3 is 0 Å². The molecule has 0 N–H and O–H groups in total. The summed E-state index contributed by atoms with van der Waals surface area (Å²) in [5.41, 5.74) is 2.45. The van der Waals surface area contributed by atoms with Gasteiger partial charge in [0.15, 0.2) is 0 Å². The van der Waals surface area contributed by atoms with E-state index in [0.29, 0.717) is 5.41 Å². The van der Waals surface area contributed by atoms with Gasteiger partial charge in [-0.1, -0.05) is 62.3 Å². The Hall–Kier alpha value is -0.520. The third kappa shape index (κ3) is 3.65. The summed E-state index contributed by atoms with van der Waals surface area (Å²) in [5, 5.41) is 0. The van der Waals surface area contributed by atoms with E-state index in [-0.39, 0.29) is 0 Å². The normalized spacial score (nSPS) is 36.0. The molecular formula is C25H39. The molecule has 0 heterocycles. The summed E-state index contributed by atoms with van der Waals surface area (Å²) in [6.07, 6.45) is 32.4. The minimum absolute atomic E-state index is 0.521. The van der Waals surface area contributed by atoms with Crippen molar-refractivity contribution in [2.75, 3.05) is 0 Å². The average Bonchev–Trinajstić information content (AvgIpc) is 2.94. The highest BCUT2D eigenvalue weighted by atomic mass is 14.5. The summed E-state index contributed by atoms with van der Waals surface area (Å²) < 4.78 is 0. The Labute approximate surface area is 156 Å². The number of hydrogen-bond donors (Lipinski definition) is 0. The molecule has 0 saturated heterocycles. The molecule has 4 aliphatic carbocycles. The van der Waals surface area contributed by atoms with Crippen LogP contribution < -0.4 is 0 Å². The van der Waals surface area contributed by atoms with Crippen LogP contribution in [0.1, 0.15) is 109 Å². The van der Waals surface area contributed by atoms with Crippen LogP contribution in [0, 0.1) is 23.2 Å². The zero-order valence-electron chi connectivity index (χ0n) is 16.4. The zero-order valence-corrected chi connectivity index (χ0v) is 16.4. The van der Waals surface area contributed by atoms with E-state index < -0.39 is 0 Å². The van der Waals surface area contributed by atoms with Gasteiger partial charge in [-0.25, -0.2) is 0 Å². The summed E-state index contributed by atoms with van der Waals surface area (Å²) in [6, 6.07) is 0. The van der Waals surface area contributed by atoms with Crippen molar-refractivity contribution in [3.63, 3.8) is 0 Å². The van der Waals surface area contributed by atoms with Crippen LogP contribution in [-0.4, -0.2) is 0 Å². The molecule has 2 saturated carbocycles. The van der Waals surface area contributed by atoms with Crippen molar-refractivity contribution in [2.45, 2.75) is 109 Å². The smallest absolute Gasteiger partial charge is 0.000498 e. The molecule has 2 atom stereocenters. The van der Waals surface area contributed by atoms with Crippen LogP contribution >= 0.6 is 0 Å². The summed E-state index contributed by atoms with van der Waals surface area (Å²) in [4.78, 5) is 0. The maximum absolute atomic E-state index is 2.74. The standard InChI is InChI=1S/C25H39/c1-5-13-21(14-6-1)24-19-11-4-12-20-25(24,22-15-7-2-8-16-22)23-17-9-3-10-18-23/h1,5,15,21,23H,2-4,6-14,16-20H2. The van der Waals surface area contributed by atoms with Gasteiger partial charge in [0, 0.05) is 5.41 Å². The monoisotopic (exact) mass is 339 g/mol. The highest BCUT2D eigenvalue weighted by Gasteiger charge is 2.50. The first kappa shape index (κ1) is 17.9. The molecule has 25 heavy (non-hydrogen) atoms. The second-order valence-corrected chi connectivity index (χ2v) is 9.35. The van der Waals surface area contributed by atoms with E-state index in [9.17, 15) is 0 Å². The fourth-order valence-electron chi connectivity index (χ4n) is 6.89. The van der Waals surface area contributed by atoms with Crippen molar-refractivity contribution in [1.82, 2.24) is 0 Å². The Morgan fingerprint density at radius 2 is 1.56 bits per heavy atom. The summed E-state index contributed by atoms with van der Waals surface area (Å²) in [6.45, 7) is 0. The van der Waals surface area contributed by atoms with Crippen molar-refractivity contribution < 1.29 is 0 Å². The van der Waals surface area contributed by atoms with Crippen LogP contribution in [0.5, 0.6) is 0 Å². The Morgan fingerprint density at radius 3 is 2.32 bits per heavy atom. The quantitative estimate of drug-likeness (QED) is 0.361. The zero-order chi connectivity index (χ0) is 17.0. The lowest BCUT2D eigenvalue weighted by molar-refractivity contribution is 0.125. The van der Waals surface area contributed by atoms with Crippen molar-refractivity contribution >= 4 is 0 Å². The van der Waals surface area contributed by atoms with Gasteiger partial charge in [-0.15, -0.1) is 0 Å². The highest BCUT2D eigenvalue weighted by molar-refractivity contribution is 5.31. The molecule has 0 amide bonds. The first-order valence-electron chi connectivity index (χ1n) is 11.6. The SMILES string of the molecule is C1=CCC([C]2CCCCCC2(C2=CCCCC2)C2CCCCC2)CC1. The first-order chi connectivity index (χ1) is 12.4. The van der Waals surface area contributed by atoms with E-state index in [2.05, 4.69) is 24.1 Å². The molecule has 2 unspecified atom stereocenters. The first-order valence-corrected chi connectivity index (χ1v) is 11.6. The van der Waals surface area contributed by atoms with Crippen LogP contribution in [0.25, 0.3) is 0 Å². The van der Waals surface area contributed by atoms with Crippen molar-refractivity contribution in [2.24, 2.45) is 17.3 Å². The van der Waals surface area contributed by atoms with Gasteiger partial charge in [-0.2, -0.15) is 0 Å². The second-order valence-electron chi connectivity index (χ2n) is 9.35. The molecule has 0 heteroatoms. The van der Waals surface area contributed by atoms with Crippen LogP contribution in [0.3, 0.4) is 0 Å². The minimum Gasteiger partial charge on any atom is -0.0885 e. The molecule has 0 nitrogen and oxygen atoms in total. The Kier molecular flexibility index (Phi) is 6.04. The lowest BCUT2D eigenvalue weighted by Crippen LogP contribution is -2.43. The molecule has 0 aliphatic heterocycles. The fourth-order valence-corrected chi connectivity index (χ4v) is 6.89. The maximum Gasteiger partial charge on any atom is 0.000498 e. The van der Waals surface area contributed by atoms with E-state index in [1.54, 1.807) is 0 Å². The number of allylic oxidation sites excluding steroid dienone is 4. The Bertz CT molecular complexity index is 478. The van der Waals surface area contributed by atoms with Crippen LogP contribution in [-0.2, 0) is 0 Å². The predicted molar refractivity (Wildman–Crippen MR) is 108 cm³/mol. The predicted octanol–water partition coefficient (Wildman–Crippen LogP) is 7.95. The van der Waals surface area contributed by atoms with E-state index in [4.69, 9.17) is 0 Å². The molecule has 0 aromatic carbocycles. The number of rotatable bonds is 3. The van der Waals surface area contributed by atoms with Gasteiger partial charge >= 0.3 is 0 Å². The fraction of sp³-hybridized carbons (Fsp3) is 0.800. The van der Waals surface area contributed by atoms with E-state index >= 15 is 0 Å². The molecule has 0 bridgehead atoms. The van der Waals surface area contributed by atoms with Gasteiger partial charge in [0.1, 0.15) is 0 Å². The van der Waals surface area contributed by atoms with E-state index in [1.807, 2.05) is 5.57 Å². The van der Waals surface area contributed by atoms with E-state index in [1.165, 1.54) is 109 Å². The molecule has 0 spiro atoms. The molecule has 1 radical (unpaired) electrons. The lowest BCUT2D eigenvalue weighted by Gasteiger charge is -2.52. The van der Waals surface area contributed by atoms with Crippen molar-refractivity contribution in [1.29, 1.82) is 0 Å². The third-order valence-electron chi connectivity index (χ3n) is 8.02. The lowest BCUT2D eigenvalue weighted by atomic mass is 9.52.